The number of benzene rings is 2. The van der Waals surface area contributed by atoms with Gasteiger partial charge in [0.1, 0.15) is 11.4 Å². The average Bonchev–Trinajstić information content (AvgIpc) is 3.48. The molecule has 2 fully saturated rings. The van der Waals surface area contributed by atoms with E-state index in [0.29, 0.717) is 17.5 Å². The molecule has 206 valence electrons. The lowest BCUT2D eigenvalue weighted by Crippen LogP contribution is -2.40. The molecule has 2 aromatic carbocycles. The molecule has 1 N–H and O–H groups in total. The first kappa shape index (κ1) is 27.4. The van der Waals surface area contributed by atoms with Gasteiger partial charge in [-0.25, -0.2) is 4.98 Å². The zero-order valence-electron chi connectivity index (χ0n) is 22.9. The molecule has 5 rings (SSSR count). The molecule has 0 bridgehead atoms. The number of nitrogens with zero attached hydrogens (tertiary/aromatic N) is 4. The molecule has 9 heteroatoms. The fourth-order valence-electron chi connectivity index (χ4n) is 5.51. The van der Waals surface area contributed by atoms with Crippen LogP contribution in [0.4, 0.5) is 11.4 Å². The number of hydrogen-bond donors (Lipinski definition) is 1. The number of rotatable bonds is 6. The maximum absolute atomic E-state index is 13.2. The first-order chi connectivity index (χ1) is 18.9. The number of anilines is 2. The van der Waals surface area contributed by atoms with Crippen LogP contribution in [0.1, 0.15) is 58.6 Å². The van der Waals surface area contributed by atoms with Crippen LogP contribution in [0.25, 0.3) is 0 Å². The Kier molecular flexibility index (Phi) is 8.67. The van der Waals surface area contributed by atoms with Crippen molar-refractivity contribution in [1.29, 1.82) is 0 Å². The molecule has 0 radical (unpaired) electrons. The summed E-state index contributed by atoms with van der Waals surface area (Å²) in [6, 6.07) is 16.5. The number of methoxy groups -OCH3 is 1. The normalized spacial score (nSPS) is 16.7. The molecule has 0 atom stereocenters. The third-order valence-corrected chi connectivity index (χ3v) is 9.24. The van der Waals surface area contributed by atoms with Gasteiger partial charge in [-0.15, -0.1) is 11.3 Å². The lowest BCUT2D eigenvalue weighted by molar-refractivity contribution is 0.0707. The molecular formula is C30H37N5O2S2. The van der Waals surface area contributed by atoms with Crippen molar-refractivity contribution in [3.8, 4) is 5.75 Å². The van der Waals surface area contributed by atoms with Gasteiger partial charge in [0.2, 0.25) is 0 Å². The first-order valence-electron chi connectivity index (χ1n) is 13.6. The van der Waals surface area contributed by atoms with E-state index in [0.717, 1.165) is 79.1 Å². The van der Waals surface area contributed by atoms with Crippen LogP contribution in [-0.4, -0.2) is 73.2 Å². The summed E-state index contributed by atoms with van der Waals surface area (Å²) in [5.74, 6) is 1.78. The van der Waals surface area contributed by atoms with Crippen molar-refractivity contribution in [3.63, 3.8) is 0 Å². The minimum atomic E-state index is 0.0547. The highest BCUT2D eigenvalue weighted by Crippen LogP contribution is 2.35. The van der Waals surface area contributed by atoms with Crippen LogP contribution < -0.4 is 15.0 Å². The molecule has 0 aliphatic carbocycles. The summed E-state index contributed by atoms with van der Waals surface area (Å²) in [5, 5.41) is 7.15. The summed E-state index contributed by atoms with van der Waals surface area (Å²) < 4.78 is 5.56. The molecule has 39 heavy (non-hydrogen) atoms. The maximum Gasteiger partial charge on any atom is 0.273 e. The average molecular weight is 564 g/mol. The van der Waals surface area contributed by atoms with E-state index in [1.807, 2.05) is 36.5 Å². The van der Waals surface area contributed by atoms with Gasteiger partial charge >= 0.3 is 0 Å². The second-order valence-electron chi connectivity index (χ2n) is 10.5. The topological polar surface area (TPSA) is 60.9 Å². The van der Waals surface area contributed by atoms with Crippen molar-refractivity contribution in [2.75, 3.05) is 57.6 Å². The molecule has 0 unspecified atom stereocenters. The van der Waals surface area contributed by atoms with Crippen LogP contribution in [0.15, 0.2) is 53.9 Å². The largest absolute Gasteiger partial charge is 0.496 e. The third-order valence-electron chi connectivity index (χ3n) is 7.87. The summed E-state index contributed by atoms with van der Waals surface area (Å²) >= 11 is 7.31. The van der Waals surface area contributed by atoms with E-state index in [2.05, 4.69) is 51.5 Å². The van der Waals surface area contributed by atoms with E-state index >= 15 is 0 Å². The standard InChI is InChI=1S/C30H37N5O2S2/c1-33(2)24-10-8-23(9-11-24)31-30(38)35-18-14-22(15-19-35)28-32-26(20-39-28)29(36)34-16-12-21(13-17-34)25-6-4-5-7-27(25)37-3/h4-11,20-22H,12-19H2,1-3H3,(H,31,38). The number of hydrogen-bond acceptors (Lipinski definition) is 6. The van der Waals surface area contributed by atoms with Gasteiger partial charge in [-0.1, -0.05) is 18.2 Å². The number of amides is 1. The fourth-order valence-corrected chi connectivity index (χ4v) is 6.77. The Labute approximate surface area is 240 Å². The molecule has 0 spiro atoms. The Morgan fingerprint density at radius 2 is 1.62 bits per heavy atom. The number of aromatic nitrogens is 1. The van der Waals surface area contributed by atoms with Crippen LogP contribution in [0, 0.1) is 0 Å². The van der Waals surface area contributed by atoms with E-state index in [-0.39, 0.29) is 5.91 Å². The predicted molar refractivity (Wildman–Crippen MR) is 164 cm³/mol. The molecule has 0 saturated carbocycles. The van der Waals surface area contributed by atoms with Gasteiger partial charge in [0.15, 0.2) is 5.11 Å². The third kappa shape index (κ3) is 6.36. The second kappa shape index (κ2) is 12.3. The molecule has 1 aromatic heterocycles. The summed E-state index contributed by atoms with van der Waals surface area (Å²) in [6.45, 7) is 3.25. The Balaban J connectivity index is 1.11. The lowest BCUT2D eigenvalue weighted by Gasteiger charge is -2.33. The highest BCUT2D eigenvalue weighted by molar-refractivity contribution is 7.80. The molecule has 2 aliphatic rings. The molecule has 7 nitrogen and oxygen atoms in total. The maximum atomic E-state index is 13.2. The second-order valence-corrected chi connectivity index (χ2v) is 11.8. The van der Waals surface area contributed by atoms with E-state index in [1.165, 1.54) is 5.56 Å². The van der Waals surface area contributed by atoms with Crippen molar-refractivity contribution >= 4 is 45.9 Å². The zero-order chi connectivity index (χ0) is 27.4. The smallest absolute Gasteiger partial charge is 0.273 e. The molecule has 2 aliphatic heterocycles. The number of carbonyl (C=O) groups is 1. The number of thiazole rings is 1. The summed E-state index contributed by atoms with van der Waals surface area (Å²) in [6.07, 6.45) is 3.84. The number of nitrogens with one attached hydrogen (secondary N) is 1. The number of likely N-dealkylation sites (tertiary alicyclic amines) is 2. The van der Waals surface area contributed by atoms with Gasteiger partial charge in [-0.2, -0.15) is 0 Å². The zero-order valence-corrected chi connectivity index (χ0v) is 24.6. The van der Waals surface area contributed by atoms with Crippen molar-refractivity contribution in [2.24, 2.45) is 0 Å². The quantitative estimate of drug-likeness (QED) is 0.380. The van der Waals surface area contributed by atoms with E-state index in [9.17, 15) is 4.79 Å². The molecular weight excluding hydrogens is 526 g/mol. The van der Waals surface area contributed by atoms with Crippen molar-refractivity contribution in [3.05, 3.63) is 70.2 Å². The molecule has 1 amide bonds. The van der Waals surface area contributed by atoms with Gasteiger partial charge < -0.3 is 24.8 Å². The number of thiocarbonyl (C=S) groups is 1. The Bertz CT molecular complexity index is 1280. The summed E-state index contributed by atoms with van der Waals surface area (Å²) in [7, 11) is 5.79. The van der Waals surface area contributed by atoms with Gasteiger partial charge in [0, 0.05) is 62.9 Å². The highest BCUT2D eigenvalue weighted by Gasteiger charge is 2.29. The summed E-state index contributed by atoms with van der Waals surface area (Å²) in [4.78, 5) is 24.3. The van der Waals surface area contributed by atoms with Crippen molar-refractivity contribution in [1.82, 2.24) is 14.8 Å². The number of piperidine rings is 2. The highest BCUT2D eigenvalue weighted by atomic mass is 32.1. The molecule has 2 saturated heterocycles. The van der Waals surface area contributed by atoms with Gasteiger partial charge in [0.25, 0.3) is 5.91 Å². The van der Waals surface area contributed by atoms with E-state index < -0.39 is 0 Å². The number of para-hydroxylation sites is 1. The SMILES string of the molecule is COc1ccccc1C1CCN(C(=O)c2csc(C3CCN(C(=S)Nc4ccc(N(C)C)cc4)CC3)n2)CC1. The Hall–Kier alpha value is -3.17. The summed E-state index contributed by atoms with van der Waals surface area (Å²) in [5.41, 5.74) is 3.99. The van der Waals surface area contributed by atoms with Crippen LogP contribution in [0.2, 0.25) is 0 Å². The minimum Gasteiger partial charge on any atom is -0.496 e. The van der Waals surface area contributed by atoms with Crippen LogP contribution in [0.5, 0.6) is 5.75 Å². The lowest BCUT2D eigenvalue weighted by atomic mass is 9.88. The predicted octanol–water partition coefficient (Wildman–Crippen LogP) is 5.81. The molecule has 3 heterocycles. The first-order valence-corrected chi connectivity index (χ1v) is 14.9. The van der Waals surface area contributed by atoms with E-state index in [1.54, 1.807) is 18.4 Å². The Morgan fingerprint density at radius 3 is 2.28 bits per heavy atom. The van der Waals surface area contributed by atoms with Crippen molar-refractivity contribution in [2.45, 2.75) is 37.5 Å². The van der Waals surface area contributed by atoms with E-state index in [4.69, 9.17) is 21.9 Å². The molecule has 3 aromatic rings. The number of ether oxygens (including phenoxy) is 1. The Morgan fingerprint density at radius 1 is 0.974 bits per heavy atom. The van der Waals surface area contributed by atoms with Crippen LogP contribution >= 0.6 is 23.6 Å². The van der Waals surface area contributed by atoms with Crippen LogP contribution in [0.3, 0.4) is 0 Å². The van der Waals surface area contributed by atoms with Crippen LogP contribution in [-0.2, 0) is 0 Å². The van der Waals surface area contributed by atoms with Gasteiger partial charge in [-0.05, 0) is 79.7 Å². The number of carbonyl (C=O) groups excluding carboxylic acids is 1. The minimum absolute atomic E-state index is 0.0547. The van der Waals surface area contributed by atoms with Crippen molar-refractivity contribution < 1.29 is 9.53 Å². The monoisotopic (exact) mass is 563 g/mol. The van der Waals surface area contributed by atoms with Gasteiger partial charge in [0.05, 0.1) is 12.1 Å². The fraction of sp³-hybridized carbons (Fsp3) is 0.433. The van der Waals surface area contributed by atoms with Gasteiger partial charge in [-0.3, -0.25) is 4.79 Å².